The van der Waals surface area contributed by atoms with Gasteiger partial charge in [-0.2, -0.15) is 0 Å². The standard InChI is InChI=1S/C22H20N2O3/c1-16-10-12-20(13-11-16)27-15-21(25)23-18-8-5-9-19(14-18)24-22(26)17-6-3-2-4-7-17/h2-14H,15H2,1H3,(H,23,25)(H,24,26). The number of aryl methyl sites for hydroxylation is 1. The highest BCUT2D eigenvalue weighted by molar-refractivity contribution is 6.04. The molecule has 2 N–H and O–H groups in total. The summed E-state index contributed by atoms with van der Waals surface area (Å²) in [6.07, 6.45) is 0. The predicted molar refractivity (Wildman–Crippen MR) is 106 cm³/mol. The van der Waals surface area contributed by atoms with Crippen LogP contribution in [0.4, 0.5) is 11.4 Å². The lowest BCUT2D eigenvalue weighted by Crippen LogP contribution is -2.20. The van der Waals surface area contributed by atoms with E-state index >= 15 is 0 Å². The van der Waals surface area contributed by atoms with Crippen molar-refractivity contribution in [1.82, 2.24) is 0 Å². The van der Waals surface area contributed by atoms with Crippen molar-refractivity contribution in [3.63, 3.8) is 0 Å². The summed E-state index contributed by atoms with van der Waals surface area (Å²) in [6.45, 7) is 1.89. The maximum absolute atomic E-state index is 12.2. The number of carbonyl (C=O) groups is 2. The summed E-state index contributed by atoms with van der Waals surface area (Å²) in [7, 11) is 0. The van der Waals surface area contributed by atoms with Gasteiger partial charge in [0, 0.05) is 16.9 Å². The van der Waals surface area contributed by atoms with E-state index in [4.69, 9.17) is 4.74 Å². The van der Waals surface area contributed by atoms with Crippen molar-refractivity contribution >= 4 is 23.2 Å². The molecule has 0 atom stereocenters. The molecular formula is C22H20N2O3. The van der Waals surface area contributed by atoms with Gasteiger partial charge in [-0.3, -0.25) is 9.59 Å². The molecule has 0 bridgehead atoms. The quantitative estimate of drug-likeness (QED) is 0.690. The first-order valence-corrected chi connectivity index (χ1v) is 8.56. The van der Waals surface area contributed by atoms with Crippen LogP contribution in [0.5, 0.6) is 5.75 Å². The van der Waals surface area contributed by atoms with E-state index in [1.165, 1.54) is 0 Å². The van der Waals surface area contributed by atoms with Crippen molar-refractivity contribution in [1.29, 1.82) is 0 Å². The summed E-state index contributed by atoms with van der Waals surface area (Å²) >= 11 is 0. The van der Waals surface area contributed by atoms with E-state index in [9.17, 15) is 9.59 Å². The van der Waals surface area contributed by atoms with Gasteiger partial charge in [0.05, 0.1) is 0 Å². The highest BCUT2D eigenvalue weighted by Gasteiger charge is 2.07. The Morgan fingerprint density at radius 1 is 0.815 bits per heavy atom. The number of hydrogen-bond donors (Lipinski definition) is 2. The van der Waals surface area contributed by atoms with E-state index in [-0.39, 0.29) is 18.4 Å². The Kier molecular flexibility index (Phi) is 5.84. The van der Waals surface area contributed by atoms with Gasteiger partial charge in [-0.15, -0.1) is 0 Å². The van der Waals surface area contributed by atoms with Crippen LogP contribution in [-0.2, 0) is 4.79 Å². The molecule has 0 aliphatic rings. The Morgan fingerprint density at radius 2 is 1.48 bits per heavy atom. The number of ether oxygens (including phenoxy) is 1. The third kappa shape index (κ3) is 5.44. The number of amides is 2. The lowest BCUT2D eigenvalue weighted by atomic mass is 10.2. The van der Waals surface area contributed by atoms with Crippen LogP contribution in [0.15, 0.2) is 78.9 Å². The minimum absolute atomic E-state index is 0.0936. The van der Waals surface area contributed by atoms with Gasteiger partial charge in [0.1, 0.15) is 5.75 Å². The molecule has 136 valence electrons. The van der Waals surface area contributed by atoms with Crippen molar-refractivity contribution in [2.24, 2.45) is 0 Å². The zero-order valence-corrected chi connectivity index (χ0v) is 14.9. The molecule has 0 heterocycles. The van der Waals surface area contributed by atoms with E-state index in [2.05, 4.69) is 10.6 Å². The molecule has 0 fully saturated rings. The van der Waals surface area contributed by atoms with Crippen LogP contribution >= 0.6 is 0 Å². The summed E-state index contributed by atoms with van der Waals surface area (Å²) in [4.78, 5) is 24.3. The van der Waals surface area contributed by atoms with Crippen molar-refractivity contribution < 1.29 is 14.3 Å². The van der Waals surface area contributed by atoms with Crippen molar-refractivity contribution in [3.8, 4) is 5.75 Å². The fraction of sp³-hybridized carbons (Fsp3) is 0.0909. The Bertz CT molecular complexity index is 922. The van der Waals surface area contributed by atoms with Gasteiger partial charge < -0.3 is 15.4 Å². The lowest BCUT2D eigenvalue weighted by Gasteiger charge is -2.10. The Balaban J connectivity index is 1.56. The predicted octanol–water partition coefficient (Wildman–Crippen LogP) is 4.26. The number of hydrogen-bond acceptors (Lipinski definition) is 3. The zero-order valence-electron chi connectivity index (χ0n) is 14.9. The average Bonchev–Trinajstić information content (AvgIpc) is 2.68. The van der Waals surface area contributed by atoms with Crippen LogP contribution in [0.2, 0.25) is 0 Å². The average molecular weight is 360 g/mol. The molecule has 0 radical (unpaired) electrons. The number of carbonyl (C=O) groups excluding carboxylic acids is 2. The van der Waals surface area contributed by atoms with Crippen LogP contribution in [0.1, 0.15) is 15.9 Å². The van der Waals surface area contributed by atoms with E-state index in [1.807, 2.05) is 37.3 Å². The molecular weight excluding hydrogens is 340 g/mol. The summed E-state index contributed by atoms with van der Waals surface area (Å²) in [5.41, 5.74) is 2.87. The molecule has 5 heteroatoms. The number of anilines is 2. The van der Waals surface area contributed by atoms with Gasteiger partial charge in [-0.1, -0.05) is 42.0 Å². The van der Waals surface area contributed by atoms with Gasteiger partial charge in [0.2, 0.25) is 0 Å². The normalized spacial score (nSPS) is 10.1. The molecule has 5 nitrogen and oxygen atoms in total. The maximum atomic E-state index is 12.2. The van der Waals surface area contributed by atoms with Crippen molar-refractivity contribution in [3.05, 3.63) is 90.0 Å². The van der Waals surface area contributed by atoms with Crippen molar-refractivity contribution in [2.75, 3.05) is 17.2 Å². The Morgan fingerprint density at radius 3 is 2.19 bits per heavy atom. The molecule has 0 aliphatic carbocycles. The first kappa shape index (κ1) is 18.2. The molecule has 3 rings (SSSR count). The van der Waals surface area contributed by atoms with Gasteiger partial charge in [-0.25, -0.2) is 0 Å². The molecule has 0 unspecified atom stereocenters. The number of rotatable bonds is 6. The highest BCUT2D eigenvalue weighted by atomic mass is 16.5. The molecule has 0 aliphatic heterocycles. The maximum Gasteiger partial charge on any atom is 0.262 e. The second-order valence-corrected chi connectivity index (χ2v) is 6.05. The third-order valence-corrected chi connectivity index (χ3v) is 3.83. The van der Waals surface area contributed by atoms with E-state index in [0.717, 1.165) is 5.56 Å². The van der Waals surface area contributed by atoms with E-state index in [0.29, 0.717) is 22.7 Å². The number of nitrogens with one attached hydrogen (secondary N) is 2. The first-order chi connectivity index (χ1) is 13.1. The van der Waals surface area contributed by atoms with Gasteiger partial charge in [0.25, 0.3) is 11.8 Å². The fourth-order valence-electron chi connectivity index (χ4n) is 2.45. The van der Waals surface area contributed by atoms with Gasteiger partial charge >= 0.3 is 0 Å². The molecule has 27 heavy (non-hydrogen) atoms. The minimum Gasteiger partial charge on any atom is -0.484 e. The SMILES string of the molecule is Cc1ccc(OCC(=O)Nc2cccc(NC(=O)c3ccccc3)c2)cc1. The summed E-state index contributed by atoms with van der Waals surface area (Å²) in [5, 5.41) is 5.58. The Labute approximate surface area is 158 Å². The van der Waals surface area contributed by atoms with E-state index in [1.54, 1.807) is 48.5 Å². The molecule has 0 aromatic heterocycles. The summed E-state index contributed by atoms with van der Waals surface area (Å²) in [6, 6.07) is 23.4. The van der Waals surface area contributed by atoms with Crippen LogP contribution in [0.3, 0.4) is 0 Å². The topological polar surface area (TPSA) is 67.4 Å². The minimum atomic E-state index is -0.276. The molecule has 0 saturated carbocycles. The highest BCUT2D eigenvalue weighted by Crippen LogP contribution is 2.17. The number of benzene rings is 3. The largest absolute Gasteiger partial charge is 0.484 e. The molecule has 3 aromatic carbocycles. The van der Waals surface area contributed by atoms with E-state index < -0.39 is 0 Å². The smallest absolute Gasteiger partial charge is 0.262 e. The molecule has 0 saturated heterocycles. The summed E-state index contributed by atoms with van der Waals surface area (Å²) in [5.74, 6) is 0.156. The lowest BCUT2D eigenvalue weighted by molar-refractivity contribution is -0.118. The zero-order chi connectivity index (χ0) is 19.1. The second kappa shape index (κ2) is 8.67. The van der Waals surface area contributed by atoms with Crippen molar-refractivity contribution in [2.45, 2.75) is 6.92 Å². The molecule has 3 aromatic rings. The van der Waals surface area contributed by atoms with Gasteiger partial charge in [0.15, 0.2) is 6.61 Å². The summed E-state index contributed by atoms with van der Waals surface area (Å²) < 4.78 is 5.47. The monoisotopic (exact) mass is 360 g/mol. The van der Waals surface area contributed by atoms with Gasteiger partial charge in [-0.05, 0) is 49.4 Å². The molecule has 2 amide bonds. The fourth-order valence-corrected chi connectivity index (χ4v) is 2.45. The van der Waals surface area contributed by atoms with Crippen LogP contribution < -0.4 is 15.4 Å². The molecule has 0 spiro atoms. The van der Waals surface area contributed by atoms with Crippen LogP contribution in [0.25, 0.3) is 0 Å². The first-order valence-electron chi connectivity index (χ1n) is 8.56. The van der Waals surface area contributed by atoms with Crippen LogP contribution in [0, 0.1) is 6.92 Å². The van der Waals surface area contributed by atoms with Crippen LogP contribution in [-0.4, -0.2) is 18.4 Å². The third-order valence-electron chi connectivity index (χ3n) is 3.83. The second-order valence-electron chi connectivity index (χ2n) is 6.05. The Hall–Kier alpha value is -3.60.